The molecule has 0 aliphatic heterocycles. The van der Waals surface area contributed by atoms with Crippen molar-refractivity contribution in [2.45, 2.75) is 25.0 Å². The Balaban J connectivity index is 1.61. The average molecular weight is 424 g/mol. The molecule has 2 atom stereocenters. The van der Waals surface area contributed by atoms with E-state index in [2.05, 4.69) is 134 Å². The lowest BCUT2D eigenvalue weighted by atomic mass is 10.1. The van der Waals surface area contributed by atoms with Gasteiger partial charge in [-0.2, -0.15) is 0 Å². The first-order valence-electron chi connectivity index (χ1n) is 11.1. The molecular formula is C29H30NP. The predicted octanol–water partition coefficient (Wildman–Crippen LogP) is 6.60. The van der Waals surface area contributed by atoms with E-state index < -0.39 is 7.92 Å². The highest BCUT2D eigenvalue weighted by molar-refractivity contribution is 7.73. The van der Waals surface area contributed by atoms with Gasteiger partial charge in [0.2, 0.25) is 0 Å². The molecule has 31 heavy (non-hydrogen) atoms. The quantitative estimate of drug-likeness (QED) is 0.299. The number of hydrogen-bond acceptors (Lipinski definition) is 1. The van der Waals surface area contributed by atoms with Crippen LogP contribution in [0.3, 0.4) is 0 Å². The van der Waals surface area contributed by atoms with Crippen molar-refractivity contribution in [3.05, 3.63) is 132 Å². The van der Waals surface area contributed by atoms with Gasteiger partial charge in [-0.3, -0.25) is 0 Å². The third-order valence-electron chi connectivity index (χ3n) is 5.73. The minimum atomic E-state index is -0.516. The lowest BCUT2D eigenvalue weighted by molar-refractivity contribution is 0.555. The van der Waals surface area contributed by atoms with Gasteiger partial charge >= 0.3 is 0 Å². The van der Waals surface area contributed by atoms with E-state index in [1.54, 1.807) is 0 Å². The van der Waals surface area contributed by atoms with Gasteiger partial charge in [0.25, 0.3) is 0 Å². The van der Waals surface area contributed by atoms with Crippen LogP contribution in [0.4, 0.5) is 0 Å². The Morgan fingerprint density at radius 2 is 1.00 bits per heavy atom. The van der Waals surface area contributed by atoms with Crippen LogP contribution in [0.15, 0.2) is 121 Å². The number of rotatable bonds is 9. The van der Waals surface area contributed by atoms with E-state index in [0.717, 1.165) is 13.0 Å². The summed E-state index contributed by atoms with van der Waals surface area (Å²) in [7, 11) is -0.516. The highest BCUT2D eigenvalue weighted by atomic mass is 31.1. The van der Waals surface area contributed by atoms with Crippen LogP contribution < -0.4 is 15.9 Å². The lowest BCUT2D eigenvalue weighted by Gasteiger charge is -2.30. The van der Waals surface area contributed by atoms with Crippen LogP contribution in [0, 0.1) is 0 Å². The monoisotopic (exact) mass is 423 g/mol. The number of nitrogens with one attached hydrogen (secondary N) is 1. The van der Waals surface area contributed by atoms with Crippen LogP contribution >= 0.6 is 7.92 Å². The van der Waals surface area contributed by atoms with Gasteiger partial charge in [-0.15, -0.1) is 0 Å². The standard InChI is InChI=1S/C29H30NP/c1-24(25-14-6-2-7-15-25)30-23-22-29(26-16-8-3-9-17-26)31(27-18-10-4-11-19-27)28-20-12-5-13-21-28/h2-21,24,29-30H,22-23H2,1H3/t24-,29+/m1/s1. The Kier molecular flexibility index (Phi) is 7.66. The molecule has 0 radical (unpaired) electrons. The second kappa shape index (κ2) is 11.0. The van der Waals surface area contributed by atoms with Crippen molar-refractivity contribution in [2.75, 3.05) is 6.54 Å². The van der Waals surface area contributed by atoms with Crippen molar-refractivity contribution in [3.8, 4) is 0 Å². The van der Waals surface area contributed by atoms with Crippen molar-refractivity contribution in [1.82, 2.24) is 5.32 Å². The molecule has 0 saturated carbocycles. The van der Waals surface area contributed by atoms with Gasteiger partial charge in [-0.05, 0) is 49.5 Å². The van der Waals surface area contributed by atoms with E-state index in [-0.39, 0.29) is 0 Å². The molecular weight excluding hydrogens is 393 g/mol. The average Bonchev–Trinajstić information content (AvgIpc) is 2.85. The Morgan fingerprint density at radius 3 is 1.48 bits per heavy atom. The molecule has 0 heterocycles. The van der Waals surface area contributed by atoms with Crippen molar-refractivity contribution in [3.63, 3.8) is 0 Å². The van der Waals surface area contributed by atoms with Gasteiger partial charge in [-0.1, -0.05) is 121 Å². The molecule has 1 nitrogen and oxygen atoms in total. The zero-order valence-electron chi connectivity index (χ0n) is 18.1. The molecule has 4 aromatic rings. The summed E-state index contributed by atoms with van der Waals surface area (Å²) in [4.78, 5) is 0. The Labute approximate surface area is 187 Å². The molecule has 4 aromatic carbocycles. The summed E-state index contributed by atoms with van der Waals surface area (Å²) in [5, 5.41) is 6.64. The molecule has 0 saturated heterocycles. The topological polar surface area (TPSA) is 12.0 Å². The zero-order chi connectivity index (χ0) is 21.3. The van der Waals surface area contributed by atoms with Gasteiger partial charge in [-0.25, -0.2) is 0 Å². The van der Waals surface area contributed by atoms with Gasteiger partial charge in [0.1, 0.15) is 0 Å². The molecule has 1 N–H and O–H groups in total. The fourth-order valence-electron chi connectivity index (χ4n) is 4.10. The number of benzene rings is 4. The third-order valence-corrected chi connectivity index (χ3v) is 8.62. The van der Waals surface area contributed by atoms with Crippen LogP contribution in [0.25, 0.3) is 0 Å². The third kappa shape index (κ3) is 5.70. The maximum Gasteiger partial charge on any atom is 0.0291 e. The fraction of sp³-hybridized carbons (Fsp3) is 0.172. The maximum absolute atomic E-state index is 3.77. The summed E-state index contributed by atoms with van der Waals surface area (Å²) in [5.74, 6) is 0. The van der Waals surface area contributed by atoms with Crippen molar-refractivity contribution in [2.24, 2.45) is 0 Å². The smallest absolute Gasteiger partial charge is 0.0291 e. The Morgan fingerprint density at radius 1 is 0.581 bits per heavy atom. The minimum Gasteiger partial charge on any atom is -0.310 e. The molecule has 0 amide bonds. The summed E-state index contributed by atoms with van der Waals surface area (Å²) < 4.78 is 0. The first kappa shape index (κ1) is 21.5. The van der Waals surface area contributed by atoms with Crippen LogP contribution in [0.2, 0.25) is 0 Å². The summed E-state index contributed by atoms with van der Waals surface area (Å²) in [6.45, 7) is 3.23. The Hall–Kier alpha value is -2.73. The van der Waals surface area contributed by atoms with Gasteiger partial charge in [0.15, 0.2) is 0 Å². The van der Waals surface area contributed by atoms with E-state index in [1.165, 1.54) is 21.7 Å². The lowest BCUT2D eigenvalue weighted by Crippen LogP contribution is -2.24. The molecule has 0 unspecified atom stereocenters. The largest absolute Gasteiger partial charge is 0.310 e. The predicted molar refractivity (Wildman–Crippen MR) is 136 cm³/mol. The highest BCUT2D eigenvalue weighted by Crippen LogP contribution is 2.51. The molecule has 0 fully saturated rings. The Bertz CT molecular complexity index is 980. The summed E-state index contributed by atoms with van der Waals surface area (Å²) >= 11 is 0. The maximum atomic E-state index is 3.77. The molecule has 0 bridgehead atoms. The molecule has 156 valence electrons. The minimum absolute atomic E-state index is 0.345. The first-order chi connectivity index (χ1) is 15.3. The molecule has 4 rings (SSSR count). The number of hydrogen-bond donors (Lipinski definition) is 1. The van der Waals surface area contributed by atoms with E-state index in [0.29, 0.717) is 11.7 Å². The molecule has 0 spiro atoms. The van der Waals surface area contributed by atoms with Gasteiger partial charge in [0, 0.05) is 11.7 Å². The van der Waals surface area contributed by atoms with Crippen LogP contribution in [-0.4, -0.2) is 6.54 Å². The molecule has 0 aliphatic carbocycles. The van der Waals surface area contributed by atoms with Gasteiger partial charge in [0.05, 0.1) is 0 Å². The van der Waals surface area contributed by atoms with Crippen molar-refractivity contribution < 1.29 is 0 Å². The van der Waals surface area contributed by atoms with Gasteiger partial charge < -0.3 is 5.32 Å². The molecule has 0 aliphatic rings. The summed E-state index contributed by atoms with van der Waals surface area (Å²) in [6.07, 6.45) is 1.09. The van der Waals surface area contributed by atoms with Crippen molar-refractivity contribution >= 4 is 18.5 Å². The van der Waals surface area contributed by atoms with E-state index in [4.69, 9.17) is 0 Å². The SMILES string of the molecule is C[C@@H](NCC[C@@H](c1ccccc1)P(c1ccccc1)c1ccccc1)c1ccccc1. The van der Waals surface area contributed by atoms with E-state index in [1.807, 2.05) is 0 Å². The highest BCUT2D eigenvalue weighted by Gasteiger charge is 2.26. The first-order valence-corrected chi connectivity index (χ1v) is 12.5. The molecule has 0 aromatic heterocycles. The van der Waals surface area contributed by atoms with Crippen molar-refractivity contribution in [1.29, 1.82) is 0 Å². The van der Waals surface area contributed by atoms with E-state index in [9.17, 15) is 0 Å². The van der Waals surface area contributed by atoms with Crippen LogP contribution in [0.1, 0.15) is 36.2 Å². The van der Waals surface area contributed by atoms with E-state index >= 15 is 0 Å². The summed E-state index contributed by atoms with van der Waals surface area (Å²) in [5.41, 5.74) is 3.22. The van der Waals surface area contributed by atoms with Crippen LogP contribution in [-0.2, 0) is 0 Å². The zero-order valence-corrected chi connectivity index (χ0v) is 19.0. The second-order valence-electron chi connectivity index (χ2n) is 7.84. The van der Waals surface area contributed by atoms with Crippen LogP contribution in [0.5, 0.6) is 0 Å². The fourth-order valence-corrected chi connectivity index (χ4v) is 6.96. The molecule has 2 heteroatoms. The normalized spacial score (nSPS) is 13.1. The second-order valence-corrected chi connectivity index (χ2v) is 10.2. The summed E-state index contributed by atoms with van der Waals surface area (Å²) in [6, 6.07) is 44.2.